The molecule has 19 heavy (non-hydrogen) atoms. The first-order valence-corrected chi connectivity index (χ1v) is 5.86. The highest BCUT2D eigenvalue weighted by Crippen LogP contribution is 2.35. The molecule has 0 aliphatic carbocycles. The smallest absolute Gasteiger partial charge is 0.379 e. The summed E-state index contributed by atoms with van der Waals surface area (Å²) in [5, 5.41) is 0. The van der Waals surface area contributed by atoms with Gasteiger partial charge in [-0.15, -0.1) is 12.4 Å². The number of nitrogens with two attached hydrogens (primary N) is 1. The Morgan fingerprint density at radius 3 is 2.58 bits per heavy atom. The van der Waals surface area contributed by atoms with Crippen LogP contribution >= 0.6 is 28.3 Å². The summed E-state index contributed by atoms with van der Waals surface area (Å²) < 4.78 is 45.1. The zero-order valence-corrected chi connectivity index (χ0v) is 12.2. The summed E-state index contributed by atoms with van der Waals surface area (Å²) in [5.41, 5.74) is 4.82. The van der Waals surface area contributed by atoms with Gasteiger partial charge in [0.2, 0.25) is 0 Å². The molecule has 0 fully saturated rings. The molecular weight excluding hydrogens is 350 g/mol. The van der Waals surface area contributed by atoms with Crippen LogP contribution in [0.15, 0.2) is 22.7 Å². The van der Waals surface area contributed by atoms with Gasteiger partial charge in [0, 0.05) is 10.0 Å². The molecular formula is C11H12BrClF3NO2. The Morgan fingerprint density at radius 2 is 2.11 bits per heavy atom. The van der Waals surface area contributed by atoms with Gasteiger partial charge in [0.05, 0.1) is 6.61 Å². The standard InChI is InChI=1S/C11H11BrF3NO2.ClH/c1-2-18-10(17)11(14,15)9(16)8-6(12)4-3-5-7(8)13;/h3-5,9H,2,16H2,1H3;1H/t9-;/m0./s1. The molecule has 0 aromatic heterocycles. The number of halogens is 5. The number of esters is 1. The zero-order chi connectivity index (χ0) is 13.9. The lowest BCUT2D eigenvalue weighted by Gasteiger charge is -2.23. The number of benzene rings is 1. The highest BCUT2D eigenvalue weighted by Gasteiger charge is 2.49. The number of carbonyl (C=O) groups is 1. The lowest BCUT2D eigenvalue weighted by atomic mass is 10.0. The lowest BCUT2D eigenvalue weighted by Crippen LogP contribution is -2.42. The van der Waals surface area contributed by atoms with E-state index < -0.39 is 29.3 Å². The van der Waals surface area contributed by atoms with Crippen LogP contribution < -0.4 is 5.73 Å². The molecule has 1 rings (SSSR count). The molecule has 2 N–H and O–H groups in total. The van der Waals surface area contributed by atoms with Crippen molar-refractivity contribution in [3.05, 3.63) is 34.1 Å². The van der Waals surface area contributed by atoms with Crippen molar-refractivity contribution in [2.75, 3.05) is 6.61 Å². The van der Waals surface area contributed by atoms with Gasteiger partial charge in [-0.25, -0.2) is 9.18 Å². The summed E-state index contributed by atoms with van der Waals surface area (Å²) in [7, 11) is 0. The number of ether oxygens (including phenoxy) is 1. The predicted octanol–water partition coefficient (Wildman–Crippen LogP) is 3.21. The van der Waals surface area contributed by atoms with E-state index in [4.69, 9.17) is 5.73 Å². The number of rotatable bonds is 4. The fraction of sp³-hybridized carbons (Fsp3) is 0.364. The van der Waals surface area contributed by atoms with Crippen molar-refractivity contribution in [2.24, 2.45) is 5.73 Å². The van der Waals surface area contributed by atoms with Crippen molar-refractivity contribution < 1.29 is 22.7 Å². The van der Waals surface area contributed by atoms with E-state index in [0.717, 1.165) is 6.07 Å². The predicted molar refractivity (Wildman–Crippen MR) is 69.9 cm³/mol. The third-order valence-corrected chi connectivity index (χ3v) is 2.94. The number of hydrogen-bond acceptors (Lipinski definition) is 3. The molecule has 3 nitrogen and oxygen atoms in total. The summed E-state index contributed by atoms with van der Waals surface area (Å²) in [5.74, 6) is -6.69. The Balaban J connectivity index is 0.00000324. The van der Waals surface area contributed by atoms with Gasteiger partial charge in [-0.2, -0.15) is 8.78 Å². The van der Waals surface area contributed by atoms with Crippen molar-refractivity contribution >= 4 is 34.3 Å². The molecule has 108 valence electrons. The van der Waals surface area contributed by atoms with E-state index in [9.17, 15) is 18.0 Å². The van der Waals surface area contributed by atoms with Gasteiger partial charge in [0.1, 0.15) is 11.9 Å². The maximum Gasteiger partial charge on any atom is 0.379 e. The third-order valence-electron chi connectivity index (χ3n) is 2.25. The van der Waals surface area contributed by atoms with E-state index in [1.807, 2.05) is 0 Å². The van der Waals surface area contributed by atoms with Gasteiger partial charge >= 0.3 is 11.9 Å². The normalized spacial score (nSPS) is 12.5. The van der Waals surface area contributed by atoms with Crippen LogP contribution in [0, 0.1) is 5.82 Å². The van der Waals surface area contributed by atoms with Gasteiger partial charge in [0.25, 0.3) is 0 Å². The van der Waals surface area contributed by atoms with Crippen LogP contribution in [0.4, 0.5) is 13.2 Å². The fourth-order valence-electron chi connectivity index (χ4n) is 1.34. The van der Waals surface area contributed by atoms with Gasteiger partial charge in [-0.05, 0) is 19.1 Å². The average Bonchev–Trinajstić information content (AvgIpc) is 2.28. The molecule has 0 bridgehead atoms. The second-order valence-electron chi connectivity index (χ2n) is 3.46. The molecule has 0 heterocycles. The van der Waals surface area contributed by atoms with Crippen LogP contribution in [-0.4, -0.2) is 18.5 Å². The highest BCUT2D eigenvalue weighted by atomic mass is 79.9. The molecule has 1 aromatic carbocycles. The first-order valence-electron chi connectivity index (χ1n) is 5.06. The van der Waals surface area contributed by atoms with Crippen LogP contribution in [-0.2, 0) is 9.53 Å². The third kappa shape index (κ3) is 3.84. The van der Waals surface area contributed by atoms with Gasteiger partial charge in [0.15, 0.2) is 0 Å². The Kier molecular flexibility index (Phi) is 6.82. The first-order chi connectivity index (χ1) is 8.32. The minimum absolute atomic E-state index is 0. The topological polar surface area (TPSA) is 52.3 Å². The quantitative estimate of drug-likeness (QED) is 0.837. The van der Waals surface area contributed by atoms with Crippen molar-refractivity contribution in [1.29, 1.82) is 0 Å². The molecule has 0 saturated carbocycles. The Labute approximate surface area is 122 Å². The van der Waals surface area contributed by atoms with Gasteiger partial charge in [-0.1, -0.05) is 22.0 Å². The lowest BCUT2D eigenvalue weighted by molar-refractivity contribution is -0.174. The number of hydrogen-bond donors (Lipinski definition) is 1. The fourth-order valence-corrected chi connectivity index (χ4v) is 1.93. The minimum Gasteiger partial charge on any atom is -0.462 e. The largest absolute Gasteiger partial charge is 0.462 e. The second-order valence-corrected chi connectivity index (χ2v) is 4.31. The summed E-state index contributed by atoms with van der Waals surface area (Å²) in [4.78, 5) is 11.1. The van der Waals surface area contributed by atoms with E-state index in [1.165, 1.54) is 19.1 Å². The molecule has 8 heteroatoms. The summed E-state index contributed by atoms with van der Waals surface area (Å²) >= 11 is 2.92. The van der Waals surface area contributed by atoms with Crippen molar-refractivity contribution in [3.8, 4) is 0 Å². The molecule has 0 spiro atoms. The van der Waals surface area contributed by atoms with Gasteiger partial charge in [-0.3, -0.25) is 0 Å². The average molecular weight is 363 g/mol. The summed E-state index contributed by atoms with van der Waals surface area (Å²) in [6, 6.07) is 1.56. The number of alkyl halides is 2. The molecule has 0 amide bonds. The molecule has 0 radical (unpaired) electrons. The van der Waals surface area contributed by atoms with E-state index in [2.05, 4.69) is 20.7 Å². The summed E-state index contributed by atoms with van der Waals surface area (Å²) in [6.07, 6.45) is 0. The number of carbonyl (C=O) groups excluding carboxylic acids is 1. The molecule has 0 saturated heterocycles. The van der Waals surface area contributed by atoms with E-state index in [1.54, 1.807) is 0 Å². The van der Waals surface area contributed by atoms with Crippen LogP contribution in [0.3, 0.4) is 0 Å². The Morgan fingerprint density at radius 1 is 1.53 bits per heavy atom. The van der Waals surface area contributed by atoms with Gasteiger partial charge < -0.3 is 10.5 Å². The summed E-state index contributed by atoms with van der Waals surface area (Å²) in [6.45, 7) is 1.18. The van der Waals surface area contributed by atoms with Crippen LogP contribution in [0.25, 0.3) is 0 Å². The molecule has 1 atom stereocenters. The molecule has 0 unspecified atom stereocenters. The van der Waals surface area contributed by atoms with Crippen molar-refractivity contribution in [2.45, 2.75) is 18.9 Å². The van der Waals surface area contributed by atoms with Crippen LogP contribution in [0.1, 0.15) is 18.5 Å². The molecule has 0 aliphatic heterocycles. The SMILES string of the molecule is CCOC(=O)C(F)(F)[C@@H](N)c1c(F)cccc1Br.Cl. The first kappa shape index (κ1) is 18.2. The second kappa shape index (κ2) is 7.12. The Bertz CT molecular complexity index is 439. The maximum absolute atomic E-state index is 13.7. The Hall–Kier alpha value is -0.790. The van der Waals surface area contributed by atoms with E-state index in [0.29, 0.717) is 0 Å². The van der Waals surface area contributed by atoms with Crippen molar-refractivity contribution in [1.82, 2.24) is 0 Å². The van der Waals surface area contributed by atoms with Crippen molar-refractivity contribution in [3.63, 3.8) is 0 Å². The minimum atomic E-state index is -4.00. The monoisotopic (exact) mass is 361 g/mol. The van der Waals surface area contributed by atoms with Crippen LogP contribution in [0.2, 0.25) is 0 Å². The van der Waals surface area contributed by atoms with E-state index >= 15 is 0 Å². The van der Waals surface area contributed by atoms with Crippen LogP contribution in [0.5, 0.6) is 0 Å². The molecule has 0 aliphatic rings. The highest BCUT2D eigenvalue weighted by molar-refractivity contribution is 9.10. The zero-order valence-electron chi connectivity index (χ0n) is 9.83. The maximum atomic E-state index is 13.7. The molecule has 1 aromatic rings. The van der Waals surface area contributed by atoms with E-state index in [-0.39, 0.29) is 23.5 Å².